The molecule has 0 amide bonds. The number of aromatic nitrogens is 4. The van der Waals surface area contributed by atoms with E-state index < -0.39 is 31.2 Å². The topological polar surface area (TPSA) is 139 Å². The minimum Gasteiger partial charge on any atom is -0.201 e. The van der Waals surface area contributed by atoms with Crippen LogP contribution in [0, 0.1) is 0 Å². The summed E-state index contributed by atoms with van der Waals surface area (Å²) in [5.74, 6) is 4.73. The fraction of sp³-hybridized carbons (Fsp3) is 0.346. The van der Waals surface area contributed by atoms with Crippen LogP contribution < -0.4 is 46.7 Å². The number of rotatable bonds is 0. The second-order valence-electron chi connectivity index (χ2n) is 39.6. The molecule has 27 heterocycles. The predicted octanol–water partition coefficient (Wildman–Crippen LogP) is 31.9. The van der Waals surface area contributed by atoms with Gasteiger partial charge in [-0.2, -0.15) is 0 Å². The molecular formula is C104H118F24N4O11P4. The van der Waals surface area contributed by atoms with Gasteiger partial charge in [-0.05, 0) is 159 Å². The van der Waals surface area contributed by atoms with E-state index >= 15 is 0 Å². The van der Waals surface area contributed by atoms with Crippen molar-refractivity contribution in [3.8, 4) is 68.2 Å². The Morgan fingerprint density at radius 1 is 0.211 bits per heavy atom. The molecule has 147 heavy (non-hydrogen) atoms. The maximum atomic E-state index is 12.8. The van der Waals surface area contributed by atoms with Gasteiger partial charge in [-0.1, -0.05) is 180 Å². The van der Waals surface area contributed by atoms with Crippen LogP contribution >= 0.6 is 31.2 Å². The molecule has 24 aliphatic rings. The molecule has 0 radical (unpaired) electrons. The molecule has 15 nitrogen and oxygen atoms in total. The Balaban J connectivity index is 0.000000265. The molecule has 43 heteroatoms. The van der Waals surface area contributed by atoms with E-state index in [1.54, 1.807) is 0 Å². The Bertz CT molecular complexity index is 5770. The molecule has 12 aromatic rings. The minimum atomic E-state index is -10.7. The zero-order valence-corrected chi connectivity index (χ0v) is 86.0. The summed E-state index contributed by atoms with van der Waals surface area (Å²) in [6.45, 7) is 34.6. The minimum absolute atomic E-state index is 0.236. The average molecular weight is 2180 g/mol. The Labute approximate surface area is 835 Å². The molecule has 4 aromatic heterocycles. The van der Waals surface area contributed by atoms with E-state index in [1.165, 1.54) is 44.5 Å². The standard InChI is InChI=1S/C68H86O11.C36H32N4.4F6P/c1-65(2,3)53-37-45-33-49-41-55(67(7,8)9)43-51-35-47-39-54(66(4,5)6)40-48(62(47)70)36-52-44-56(68(10,11)12)42-50(34-46(38-53)61(45)69)64(52)79-32-30-77-60-19-15-58(16-20-60)75-28-26-73-24-22-71-21-23-72-25-27-74-57-13-17-59(18-14-57)76-29-31-78-63(49)51;1-2-30-4-3-29(1)25-37-17-9-33(10-18-37)35-13-21-39(22-14-35)27-31-5-7-32(8-6-31)28-40-23-15-36(16-24-40)34-11-19-38(26-30)20-12-34;4*1-7(2,3,4,5)6/h13-20,37-44,69-70H,21-36H2,1-12H3;1-24H,25-28H2;;;;/q;+4;4*-1. The number of halogens is 24. The Kier molecular flexibility index (Phi) is 34.1. The van der Waals surface area contributed by atoms with E-state index in [0.717, 1.165) is 104 Å². The first-order chi connectivity index (χ1) is 67.0. The molecule has 2 N–H and O–H groups in total. The Morgan fingerprint density at radius 2 is 0.361 bits per heavy atom. The van der Waals surface area contributed by atoms with Crippen LogP contribution in [0.2, 0.25) is 0 Å². The van der Waals surface area contributed by atoms with Crippen molar-refractivity contribution in [3.63, 3.8) is 0 Å². The van der Waals surface area contributed by atoms with E-state index in [9.17, 15) is 111 Å². The van der Waals surface area contributed by atoms with Crippen LogP contribution in [0.1, 0.15) is 172 Å². The summed E-state index contributed by atoms with van der Waals surface area (Å²) < 4.78 is 301. The molecule has 23 aliphatic heterocycles. The third-order valence-corrected chi connectivity index (χ3v) is 22.3. The normalized spacial score (nSPS) is 16.5. The van der Waals surface area contributed by atoms with Gasteiger partial charge in [-0.15, -0.1) is 0 Å². The summed E-state index contributed by atoms with van der Waals surface area (Å²) >= 11 is 0. The van der Waals surface area contributed by atoms with Crippen LogP contribution in [0.3, 0.4) is 0 Å². The number of phenols is 2. The van der Waals surface area contributed by atoms with Crippen LogP contribution in [-0.4, -0.2) is 89.5 Å². The summed E-state index contributed by atoms with van der Waals surface area (Å²) in [4.78, 5) is 0. The quantitative estimate of drug-likeness (QED) is 0.0852. The summed E-state index contributed by atoms with van der Waals surface area (Å²) in [6.07, 6.45) is 18.9. The average Bonchev–Trinajstić information content (AvgIpc) is 0.691. The second kappa shape index (κ2) is 42.6. The number of pyridine rings is 4. The van der Waals surface area contributed by atoms with Crippen molar-refractivity contribution in [2.45, 2.75) is 157 Å². The van der Waals surface area contributed by atoms with Gasteiger partial charge < -0.3 is 52.8 Å². The molecule has 808 valence electrons. The van der Waals surface area contributed by atoms with E-state index in [0.29, 0.717) is 102 Å². The SMILES string of the molecule is CC(C)(C)c1cc2c(O)c(c1)Cc1cc(C(C)(C)C)cc3c1OCCOc1ccc(cc1)OCCOCCOCCOCCOc1ccc(cc1)OCCOc1c(cc(C(C)(C)C)cc1Cc1cc(C(C)(C)C)cc(c1O)C3)C2.F[P-](F)(F)(F)(F)F.F[P-](F)(F)(F)(F)F.F[P-](F)(F)(F)(F)F.F[P-](F)(F)(F)(F)F.c1cc2ccc1C[n+]1ccc(cc1)-c1cc[n+](cc1)Cc1ccc(cc1)C[n+]1ccc(cc1)-c1cc[n+](cc1)C2. The van der Waals surface area contributed by atoms with Crippen molar-refractivity contribution >= 4 is 31.2 Å². The number of nitrogens with zero attached hydrogens (tertiary/aromatic N) is 4. The smallest absolute Gasteiger partial charge is 0.173 e. The van der Waals surface area contributed by atoms with Gasteiger partial charge in [0.05, 0.1) is 39.6 Å². The van der Waals surface area contributed by atoms with E-state index in [2.05, 4.69) is 297 Å². The van der Waals surface area contributed by atoms with Crippen LogP contribution in [-0.2, 0) is 87.7 Å². The first-order valence-electron chi connectivity index (χ1n) is 46.1. The second-order valence-corrected chi connectivity index (χ2v) is 47.3. The molecule has 0 saturated carbocycles. The molecule has 8 aromatic carbocycles. The number of hydrogen-bond donors (Lipinski definition) is 2. The summed E-state index contributed by atoms with van der Waals surface area (Å²) in [6, 6.07) is 68.3. The van der Waals surface area contributed by atoms with Gasteiger partial charge >= 0.3 is 132 Å². The van der Waals surface area contributed by atoms with Gasteiger partial charge in [0, 0.05) is 96.5 Å². The van der Waals surface area contributed by atoms with Crippen LogP contribution in [0.4, 0.5) is 101 Å². The van der Waals surface area contributed by atoms with E-state index in [4.69, 9.17) is 42.6 Å². The van der Waals surface area contributed by atoms with Gasteiger partial charge in [0.25, 0.3) is 0 Å². The molecule has 26 bridgehead atoms. The first kappa shape index (κ1) is 118. The largest absolute Gasteiger partial charge is 0.201 e. The van der Waals surface area contributed by atoms with Crippen molar-refractivity contribution in [1.29, 1.82) is 0 Å². The van der Waals surface area contributed by atoms with E-state index in [1.807, 2.05) is 48.5 Å². The maximum Gasteiger partial charge on any atom is 0.173 e. The van der Waals surface area contributed by atoms with Crippen LogP contribution in [0.15, 0.2) is 244 Å². The van der Waals surface area contributed by atoms with E-state index in [-0.39, 0.29) is 59.6 Å². The Hall–Kier alpha value is -11.3. The number of benzene rings is 8. The molecule has 36 rings (SSSR count). The van der Waals surface area contributed by atoms with Gasteiger partial charge in [-0.3, -0.25) is 0 Å². The predicted molar refractivity (Wildman–Crippen MR) is 522 cm³/mol. The monoisotopic (exact) mass is 2180 g/mol. The third kappa shape index (κ3) is 46.1. The van der Waals surface area contributed by atoms with Gasteiger partial charge in [-0.25, -0.2) is 18.3 Å². The van der Waals surface area contributed by atoms with Gasteiger partial charge in [0.15, 0.2) is 75.8 Å². The molecule has 0 atom stereocenters. The van der Waals surface area contributed by atoms with Crippen molar-refractivity contribution < 1.29 is 172 Å². The zero-order valence-electron chi connectivity index (χ0n) is 82.5. The number of hydrogen-bond acceptors (Lipinski definition) is 11. The molecule has 0 spiro atoms. The number of aromatic hydroxyl groups is 2. The van der Waals surface area contributed by atoms with Crippen molar-refractivity contribution in [1.82, 2.24) is 0 Å². The molecular weight excluding hydrogens is 2060 g/mol. The summed E-state index contributed by atoms with van der Waals surface area (Å²) in [5.41, 5.74) is 20.6. The number of ether oxygens (including phenoxy) is 9. The zero-order chi connectivity index (χ0) is 109. The fourth-order valence-corrected chi connectivity index (χ4v) is 15.2. The number of phenolic OH excluding ortho intramolecular Hbond substituents is 2. The third-order valence-electron chi connectivity index (χ3n) is 22.3. The van der Waals surface area contributed by atoms with Crippen molar-refractivity contribution in [2.75, 3.05) is 79.3 Å². The molecule has 0 saturated heterocycles. The van der Waals surface area contributed by atoms with Crippen LogP contribution in [0.5, 0.6) is 46.0 Å². The van der Waals surface area contributed by atoms with Gasteiger partial charge in [0.1, 0.15) is 85.6 Å². The molecule has 0 fully saturated rings. The molecule has 1 aliphatic carbocycles. The van der Waals surface area contributed by atoms with Crippen molar-refractivity contribution in [3.05, 3.63) is 333 Å². The van der Waals surface area contributed by atoms with Crippen molar-refractivity contribution in [2.24, 2.45) is 0 Å². The Morgan fingerprint density at radius 3 is 0.531 bits per heavy atom. The molecule has 0 unspecified atom stereocenters. The van der Waals surface area contributed by atoms with Gasteiger partial charge in [0.2, 0.25) is 0 Å². The van der Waals surface area contributed by atoms with Crippen LogP contribution in [0.25, 0.3) is 22.3 Å². The fourth-order valence-electron chi connectivity index (χ4n) is 15.2. The first-order valence-corrected chi connectivity index (χ1v) is 54.3. The summed E-state index contributed by atoms with van der Waals surface area (Å²) in [5, 5.41) is 25.6. The summed E-state index contributed by atoms with van der Waals surface area (Å²) in [7, 11) is -42.6. The maximum absolute atomic E-state index is 12.8.